The molecule has 2 aromatic rings. The number of nitriles is 1. The summed E-state index contributed by atoms with van der Waals surface area (Å²) in [5.74, 6) is 1.14. The van der Waals surface area contributed by atoms with Gasteiger partial charge in [-0.1, -0.05) is 11.6 Å². The second-order valence-corrected chi connectivity index (χ2v) is 5.53. The zero-order valence-corrected chi connectivity index (χ0v) is 12.6. The smallest absolute Gasteiger partial charge is 0.157 e. The van der Waals surface area contributed by atoms with Crippen LogP contribution in [0.3, 0.4) is 0 Å². The minimum absolute atomic E-state index is 0.365. The first kappa shape index (κ1) is 14.6. The van der Waals surface area contributed by atoms with Crippen LogP contribution in [0.2, 0.25) is 5.02 Å². The fourth-order valence-electron chi connectivity index (χ4n) is 2.40. The zero-order valence-electron chi connectivity index (χ0n) is 11.8. The topological polar surface area (TPSA) is 87.2 Å². The first-order valence-electron chi connectivity index (χ1n) is 6.71. The quantitative estimate of drug-likeness (QED) is 0.907. The average Bonchev–Trinajstić information content (AvgIpc) is 3.06. The van der Waals surface area contributed by atoms with Gasteiger partial charge in [0.25, 0.3) is 0 Å². The summed E-state index contributed by atoms with van der Waals surface area (Å²) >= 11 is 6.16. The number of aliphatic hydroxyl groups excluding tert-OH is 1. The molecule has 114 valence electrons. The van der Waals surface area contributed by atoms with Crippen LogP contribution < -0.4 is 9.64 Å². The van der Waals surface area contributed by atoms with E-state index < -0.39 is 12.2 Å². The molecule has 0 bridgehead atoms. The van der Waals surface area contributed by atoms with Gasteiger partial charge in [-0.25, -0.2) is 4.98 Å². The molecular weight excluding hydrogens is 306 g/mol. The summed E-state index contributed by atoms with van der Waals surface area (Å²) in [6.07, 6.45) is 3.75. The van der Waals surface area contributed by atoms with Crippen molar-refractivity contribution in [1.82, 2.24) is 14.8 Å². The van der Waals surface area contributed by atoms with E-state index in [0.29, 0.717) is 35.2 Å². The molecule has 0 radical (unpaired) electrons. The van der Waals surface area contributed by atoms with Crippen LogP contribution in [0.15, 0.2) is 24.7 Å². The van der Waals surface area contributed by atoms with E-state index in [-0.39, 0.29) is 0 Å². The Balaban J connectivity index is 1.74. The number of β-amino-alcohol motifs (C(OH)–C–C–N with tert-alkyl or cyclic N) is 1. The zero-order chi connectivity index (χ0) is 15.7. The number of pyridine rings is 1. The van der Waals surface area contributed by atoms with E-state index in [2.05, 4.69) is 10.1 Å². The predicted octanol–water partition coefficient (Wildman–Crippen LogP) is 0.969. The third kappa shape index (κ3) is 2.84. The highest BCUT2D eigenvalue weighted by Gasteiger charge is 2.34. The molecule has 1 aliphatic rings. The van der Waals surface area contributed by atoms with E-state index in [1.54, 1.807) is 30.2 Å². The molecule has 3 rings (SSSR count). The molecule has 0 amide bonds. The molecule has 0 saturated carbocycles. The van der Waals surface area contributed by atoms with Gasteiger partial charge in [-0.05, 0) is 6.07 Å². The molecule has 1 fully saturated rings. The highest BCUT2D eigenvalue weighted by molar-refractivity contribution is 6.33. The summed E-state index contributed by atoms with van der Waals surface area (Å²) in [5.41, 5.74) is 0.400. The highest BCUT2D eigenvalue weighted by Crippen LogP contribution is 2.28. The minimum atomic E-state index is -0.659. The number of hydrogen-bond acceptors (Lipinski definition) is 6. The Morgan fingerprint density at radius 2 is 2.27 bits per heavy atom. The summed E-state index contributed by atoms with van der Waals surface area (Å²) in [7, 11) is 1.80. The van der Waals surface area contributed by atoms with Gasteiger partial charge in [0.1, 0.15) is 24.1 Å². The van der Waals surface area contributed by atoms with Crippen molar-refractivity contribution in [1.29, 1.82) is 5.26 Å². The van der Waals surface area contributed by atoms with Gasteiger partial charge in [-0.15, -0.1) is 0 Å². The lowest BCUT2D eigenvalue weighted by Crippen LogP contribution is -2.29. The van der Waals surface area contributed by atoms with Crippen LogP contribution >= 0.6 is 11.6 Å². The predicted molar refractivity (Wildman–Crippen MR) is 79.8 cm³/mol. The van der Waals surface area contributed by atoms with Crippen LogP contribution in [0.25, 0.3) is 0 Å². The fourth-order valence-corrected chi connectivity index (χ4v) is 2.69. The molecule has 1 N–H and O–H groups in total. The number of anilines is 1. The Morgan fingerprint density at radius 1 is 1.45 bits per heavy atom. The van der Waals surface area contributed by atoms with Crippen LogP contribution in [0.4, 0.5) is 5.82 Å². The molecule has 1 saturated heterocycles. The van der Waals surface area contributed by atoms with Crippen molar-refractivity contribution in [2.24, 2.45) is 7.05 Å². The molecule has 0 aliphatic carbocycles. The van der Waals surface area contributed by atoms with Crippen LogP contribution in [-0.2, 0) is 7.05 Å². The van der Waals surface area contributed by atoms with Gasteiger partial charge in [-0.2, -0.15) is 10.4 Å². The summed E-state index contributed by atoms with van der Waals surface area (Å²) < 4.78 is 7.38. The number of aliphatic hydroxyl groups is 1. The molecule has 3 heterocycles. The number of aromatic nitrogens is 3. The molecule has 1 aliphatic heterocycles. The van der Waals surface area contributed by atoms with Gasteiger partial charge >= 0.3 is 0 Å². The largest absolute Gasteiger partial charge is 0.482 e. The average molecular weight is 320 g/mol. The second kappa shape index (κ2) is 5.83. The van der Waals surface area contributed by atoms with Crippen molar-refractivity contribution in [2.75, 3.05) is 18.0 Å². The number of hydrogen-bond donors (Lipinski definition) is 1. The van der Waals surface area contributed by atoms with Gasteiger partial charge < -0.3 is 14.7 Å². The van der Waals surface area contributed by atoms with Gasteiger partial charge in [0.05, 0.1) is 29.5 Å². The number of rotatable bonds is 3. The van der Waals surface area contributed by atoms with Crippen molar-refractivity contribution < 1.29 is 9.84 Å². The molecule has 0 aromatic carbocycles. The van der Waals surface area contributed by atoms with Gasteiger partial charge in [0.15, 0.2) is 5.75 Å². The van der Waals surface area contributed by atoms with E-state index in [1.165, 1.54) is 6.20 Å². The normalized spacial score (nSPS) is 20.9. The third-order valence-electron chi connectivity index (χ3n) is 3.46. The van der Waals surface area contributed by atoms with E-state index in [9.17, 15) is 5.11 Å². The van der Waals surface area contributed by atoms with Crippen molar-refractivity contribution in [2.45, 2.75) is 12.2 Å². The van der Waals surface area contributed by atoms with E-state index in [4.69, 9.17) is 21.6 Å². The third-order valence-corrected chi connectivity index (χ3v) is 3.73. The number of ether oxygens (including phenoxy) is 1. The number of aryl methyl sites for hydroxylation is 1. The highest BCUT2D eigenvalue weighted by atomic mass is 35.5. The Hall–Kier alpha value is -2.30. The van der Waals surface area contributed by atoms with Crippen molar-refractivity contribution in [3.63, 3.8) is 0 Å². The molecule has 8 heteroatoms. The van der Waals surface area contributed by atoms with Crippen LogP contribution in [0, 0.1) is 11.3 Å². The maximum Gasteiger partial charge on any atom is 0.157 e. The van der Waals surface area contributed by atoms with Gasteiger partial charge in [0, 0.05) is 19.8 Å². The monoisotopic (exact) mass is 319 g/mol. The molecule has 2 aromatic heterocycles. The molecule has 0 spiro atoms. The SMILES string of the molecule is Cn1cc(O[C@@H]2CN(c3ncc(C#N)cc3Cl)C[C@H]2O)cn1. The number of nitrogens with zero attached hydrogens (tertiary/aromatic N) is 5. The lowest BCUT2D eigenvalue weighted by Gasteiger charge is -2.18. The lowest BCUT2D eigenvalue weighted by molar-refractivity contribution is 0.0737. The molecule has 7 nitrogen and oxygen atoms in total. The van der Waals surface area contributed by atoms with Crippen LogP contribution in [0.1, 0.15) is 5.56 Å². The molecule has 2 atom stereocenters. The first-order valence-corrected chi connectivity index (χ1v) is 7.08. The molecule has 0 unspecified atom stereocenters. The van der Waals surface area contributed by atoms with Crippen molar-refractivity contribution in [3.8, 4) is 11.8 Å². The molecule has 22 heavy (non-hydrogen) atoms. The van der Waals surface area contributed by atoms with Crippen molar-refractivity contribution in [3.05, 3.63) is 35.2 Å². The van der Waals surface area contributed by atoms with E-state index in [1.807, 2.05) is 11.0 Å². The van der Waals surface area contributed by atoms with E-state index in [0.717, 1.165) is 0 Å². The standard InChI is InChI=1S/C14H14ClN5O2/c1-19-6-10(5-18-19)22-13-8-20(7-12(13)21)14-11(15)2-9(3-16)4-17-14/h2,4-6,12-13,21H,7-8H2,1H3/t12-,13-/m1/s1. The van der Waals surface area contributed by atoms with Crippen LogP contribution in [-0.4, -0.2) is 45.2 Å². The Labute approximate surface area is 132 Å². The number of halogens is 1. The summed E-state index contributed by atoms with van der Waals surface area (Å²) in [5, 5.41) is 23.4. The van der Waals surface area contributed by atoms with Crippen molar-refractivity contribution >= 4 is 17.4 Å². The maximum absolute atomic E-state index is 10.2. The Bertz CT molecular complexity index is 726. The first-order chi connectivity index (χ1) is 10.6. The van der Waals surface area contributed by atoms with Gasteiger partial charge in [-0.3, -0.25) is 4.68 Å². The summed E-state index contributed by atoms with van der Waals surface area (Å²) in [6.45, 7) is 0.818. The fraction of sp³-hybridized carbons (Fsp3) is 0.357. The van der Waals surface area contributed by atoms with Gasteiger partial charge in [0.2, 0.25) is 0 Å². The summed E-state index contributed by atoms with van der Waals surface area (Å²) in [4.78, 5) is 6.04. The lowest BCUT2D eigenvalue weighted by atomic mass is 10.3. The maximum atomic E-state index is 10.2. The minimum Gasteiger partial charge on any atom is -0.482 e. The van der Waals surface area contributed by atoms with E-state index >= 15 is 0 Å². The molecular formula is C14H14ClN5O2. The second-order valence-electron chi connectivity index (χ2n) is 5.12. The summed E-state index contributed by atoms with van der Waals surface area (Å²) in [6, 6.07) is 3.55. The van der Waals surface area contributed by atoms with Crippen LogP contribution in [0.5, 0.6) is 5.75 Å². The Kier molecular flexibility index (Phi) is 3.88. The Morgan fingerprint density at radius 3 is 2.91 bits per heavy atom.